The van der Waals surface area contributed by atoms with Crippen molar-refractivity contribution >= 4 is 48.9 Å². The van der Waals surface area contributed by atoms with Gasteiger partial charge in [-0.05, 0) is 56.7 Å². The standard InChI is InChI=1S/C26H29N5O3S2/c1-26(2,3)30-36(32,33)21-9-4-6-18(14-21)22-17-35-23-16-27-25(29-24(22)23)28-19-7-5-8-20(15-19)31-10-12-34-13-11-31/h4-9,14-17,30H,10-13H2,1-3H3,(H,27,28,29). The second-order valence-corrected chi connectivity index (χ2v) is 12.3. The van der Waals surface area contributed by atoms with Crippen LogP contribution in [-0.4, -0.2) is 50.2 Å². The minimum Gasteiger partial charge on any atom is -0.378 e. The number of hydrogen-bond acceptors (Lipinski definition) is 8. The van der Waals surface area contributed by atoms with Gasteiger partial charge in [0.25, 0.3) is 0 Å². The number of fused-ring (bicyclic) bond motifs is 1. The minimum absolute atomic E-state index is 0.224. The van der Waals surface area contributed by atoms with E-state index < -0.39 is 15.6 Å². The molecule has 5 rings (SSSR count). The van der Waals surface area contributed by atoms with Crippen LogP contribution in [0.2, 0.25) is 0 Å². The number of nitrogens with zero attached hydrogens (tertiary/aromatic N) is 3. The van der Waals surface area contributed by atoms with Crippen molar-refractivity contribution in [2.45, 2.75) is 31.2 Å². The molecule has 4 aromatic rings. The molecule has 0 unspecified atom stereocenters. The fourth-order valence-electron chi connectivity index (χ4n) is 4.12. The number of morpholine rings is 1. The zero-order valence-electron chi connectivity index (χ0n) is 20.5. The SMILES string of the molecule is CC(C)(C)NS(=O)(=O)c1cccc(-c2csc3cnc(Nc4cccc(N5CCOCC5)c4)nc23)c1. The molecule has 0 amide bonds. The fraction of sp³-hybridized carbons (Fsp3) is 0.308. The van der Waals surface area contributed by atoms with Gasteiger partial charge in [0.05, 0.1) is 34.5 Å². The Morgan fingerprint density at radius 1 is 1.06 bits per heavy atom. The number of ether oxygens (including phenoxy) is 1. The van der Waals surface area contributed by atoms with Crippen LogP contribution in [0.3, 0.4) is 0 Å². The topological polar surface area (TPSA) is 96.5 Å². The van der Waals surface area contributed by atoms with E-state index in [0.717, 1.165) is 59.0 Å². The van der Waals surface area contributed by atoms with Gasteiger partial charge in [0.1, 0.15) is 0 Å². The molecular weight excluding hydrogens is 494 g/mol. The number of aromatic nitrogens is 2. The van der Waals surface area contributed by atoms with Crippen LogP contribution in [-0.2, 0) is 14.8 Å². The Balaban J connectivity index is 1.44. The lowest BCUT2D eigenvalue weighted by atomic mass is 10.1. The van der Waals surface area contributed by atoms with Gasteiger partial charge in [0.15, 0.2) is 0 Å². The number of anilines is 3. The molecule has 8 nitrogen and oxygen atoms in total. The Kier molecular flexibility index (Phi) is 6.69. The molecular formula is C26H29N5O3S2. The molecule has 0 aliphatic carbocycles. The zero-order valence-corrected chi connectivity index (χ0v) is 22.1. The van der Waals surface area contributed by atoms with Crippen LogP contribution in [0.1, 0.15) is 20.8 Å². The Labute approximate surface area is 215 Å². The Bertz CT molecular complexity index is 1490. The highest BCUT2D eigenvalue weighted by atomic mass is 32.2. The summed E-state index contributed by atoms with van der Waals surface area (Å²) >= 11 is 1.53. The summed E-state index contributed by atoms with van der Waals surface area (Å²) in [5.74, 6) is 0.486. The van der Waals surface area contributed by atoms with E-state index in [0.29, 0.717) is 5.95 Å². The highest BCUT2D eigenvalue weighted by Crippen LogP contribution is 2.34. The van der Waals surface area contributed by atoms with Crippen LogP contribution in [0.4, 0.5) is 17.3 Å². The predicted octanol–water partition coefficient (Wildman–Crippen LogP) is 5.02. The van der Waals surface area contributed by atoms with E-state index in [2.05, 4.69) is 32.1 Å². The van der Waals surface area contributed by atoms with Crippen molar-refractivity contribution < 1.29 is 13.2 Å². The van der Waals surface area contributed by atoms with E-state index in [1.54, 1.807) is 24.4 Å². The van der Waals surface area contributed by atoms with Crippen molar-refractivity contribution in [3.63, 3.8) is 0 Å². The average molecular weight is 524 g/mol. The third-order valence-corrected chi connectivity index (χ3v) is 8.35. The van der Waals surface area contributed by atoms with Crippen LogP contribution >= 0.6 is 11.3 Å². The summed E-state index contributed by atoms with van der Waals surface area (Å²) in [5.41, 5.74) is 3.89. The summed E-state index contributed by atoms with van der Waals surface area (Å²) in [6.07, 6.45) is 1.80. The molecule has 0 atom stereocenters. The van der Waals surface area contributed by atoms with Crippen LogP contribution < -0.4 is 14.9 Å². The molecule has 1 aliphatic heterocycles. The smallest absolute Gasteiger partial charge is 0.241 e. The maximum Gasteiger partial charge on any atom is 0.241 e. The van der Waals surface area contributed by atoms with E-state index in [9.17, 15) is 8.42 Å². The van der Waals surface area contributed by atoms with E-state index in [4.69, 9.17) is 9.72 Å². The molecule has 0 saturated carbocycles. The predicted molar refractivity (Wildman–Crippen MR) is 146 cm³/mol. The van der Waals surface area contributed by atoms with Crippen molar-refractivity contribution in [1.82, 2.24) is 14.7 Å². The van der Waals surface area contributed by atoms with Crippen molar-refractivity contribution in [2.24, 2.45) is 0 Å². The van der Waals surface area contributed by atoms with Crippen LogP contribution in [0, 0.1) is 0 Å². The molecule has 1 fully saturated rings. The van der Waals surface area contributed by atoms with Gasteiger partial charge in [-0.1, -0.05) is 18.2 Å². The van der Waals surface area contributed by atoms with Gasteiger partial charge in [-0.25, -0.2) is 23.1 Å². The quantitative estimate of drug-likeness (QED) is 0.366. The molecule has 36 heavy (non-hydrogen) atoms. The number of thiophene rings is 1. The van der Waals surface area contributed by atoms with Crippen LogP contribution in [0.15, 0.2) is 65.0 Å². The summed E-state index contributed by atoms with van der Waals surface area (Å²) in [6, 6.07) is 15.1. The number of hydrogen-bond donors (Lipinski definition) is 2. The molecule has 2 aromatic heterocycles. The molecule has 0 radical (unpaired) electrons. The molecule has 0 spiro atoms. The lowest BCUT2D eigenvalue weighted by Crippen LogP contribution is -2.40. The maximum atomic E-state index is 12.9. The first-order valence-corrected chi connectivity index (χ1v) is 14.1. The van der Waals surface area contributed by atoms with Gasteiger partial charge in [-0.3, -0.25) is 0 Å². The molecule has 10 heteroatoms. The minimum atomic E-state index is -3.65. The number of rotatable bonds is 6. The van der Waals surface area contributed by atoms with Gasteiger partial charge in [-0.2, -0.15) is 0 Å². The summed E-state index contributed by atoms with van der Waals surface area (Å²) < 4.78 is 34.9. The zero-order chi connectivity index (χ0) is 25.3. The highest BCUT2D eigenvalue weighted by Gasteiger charge is 2.23. The molecule has 2 N–H and O–H groups in total. The van der Waals surface area contributed by atoms with E-state index in [1.165, 1.54) is 11.3 Å². The molecule has 1 saturated heterocycles. The fourth-order valence-corrected chi connectivity index (χ4v) is 6.45. The van der Waals surface area contributed by atoms with Crippen LogP contribution in [0.5, 0.6) is 0 Å². The van der Waals surface area contributed by atoms with Crippen molar-refractivity contribution in [3.05, 3.63) is 60.1 Å². The highest BCUT2D eigenvalue weighted by molar-refractivity contribution is 7.89. The molecule has 188 valence electrons. The van der Waals surface area contributed by atoms with Gasteiger partial charge in [0, 0.05) is 40.9 Å². The summed E-state index contributed by atoms with van der Waals surface area (Å²) in [5, 5.41) is 5.32. The summed E-state index contributed by atoms with van der Waals surface area (Å²) in [6.45, 7) is 8.66. The van der Waals surface area contributed by atoms with Gasteiger partial charge < -0.3 is 15.0 Å². The first-order valence-electron chi connectivity index (χ1n) is 11.8. The average Bonchev–Trinajstić information content (AvgIpc) is 3.27. The summed E-state index contributed by atoms with van der Waals surface area (Å²) in [7, 11) is -3.65. The summed E-state index contributed by atoms with van der Waals surface area (Å²) in [4.78, 5) is 11.8. The van der Waals surface area contributed by atoms with E-state index in [-0.39, 0.29) is 4.90 Å². The Morgan fingerprint density at radius 3 is 2.61 bits per heavy atom. The number of sulfonamides is 1. The Hall–Kier alpha value is -3.05. The van der Waals surface area contributed by atoms with E-state index in [1.807, 2.05) is 44.4 Å². The molecule has 1 aliphatic rings. The second kappa shape index (κ2) is 9.78. The first-order chi connectivity index (χ1) is 17.2. The van der Waals surface area contributed by atoms with Crippen molar-refractivity contribution in [3.8, 4) is 11.1 Å². The lowest BCUT2D eigenvalue weighted by Gasteiger charge is -2.29. The van der Waals surface area contributed by atoms with Gasteiger partial charge in [-0.15, -0.1) is 11.3 Å². The normalized spacial score (nSPS) is 14.8. The van der Waals surface area contributed by atoms with Gasteiger partial charge in [0.2, 0.25) is 16.0 Å². The molecule has 2 aromatic carbocycles. The lowest BCUT2D eigenvalue weighted by molar-refractivity contribution is 0.122. The van der Waals surface area contributed by atoms with Gasteiger partial charge >= 0.3 is 0 Å². The Morgan fingerprint density at radius 2 is 1.83 bits per heavy atom. The third kappa shape index (κ3) is 5.52. The third-order valence-electron chi connectivity index (χ3n) is 5.69. The number of benzene rings is 2. The first kappa shape index (κ1) is 24.6. The largest absolute Gasteiger partial charge is 0.378 e. The van der Waals surface area contributed by atoms with Crippen LogP contribution in [0.25, 0.3) is 21.3 Å². The second-order valence-electron chi connectivity index (χ2n) is 9.71. The molecule has 3 heterocycles. The van der Waals surface area contributed by atoms with Crippen molar-refractivity contribution in [1.29, 1.82) is 0 Å². The number of nitrogens with one attached hydrogen (secondary N) is 2. The maximum absolute atomic E-state index is 12.9. The van der Waals surface area contributed by atoms with Crippen molar-refractivity contribution in [2.75, 3.05) is 36.5 Å². The monoisotopic (exact) mass is 523 g/mol. The molecule has 0 bridgehead atoms. The van der Waals surface area contributed by atoms with E-state index >= 15 is 0 Å².